The van der Waals surface area contributed by atoms with Gasteiger partial charge in [-0.25, -0.2) is 0 Å². The molecular weight excluding hydrogens is 330 g/mol. The molecule has 2 rings (SSSR count). The number of hydrogen-bond acceptors (Lipinski definition) is 5. The van der Waals surface area contributed by atoms with Crippen molar-refractivity contribution in [1.82, 2.24) is 0 Å². The highest BCUT2D eigenvalue weighted by atomic mass is 16.5. The standard InChI is InChI=1S/C21H25NO4/c1-4-24-17-9-7-16(8-10-17)20(23)13-14-22-19-15-18(25-5-2)11-12-21(19)26-6-3/h7-15,22H,4-6H2,1-3H3/b14-13+. The summed E-state index contributed by atoms with van der Waals surface area (Å²) in [6, 6.07) is 12.6. The van der Waals surface area contributed by atoms with Crippen LogP contribution in [-0.4, -0.2) is 25.6 Å². The van der Waals surface area contributed by atoms with Gasteiger partial charge in [-0.1, -0.05) is 0 Å². The molecule has 0 amide bonds. The fourth-order valence-electron chi connectivity index (χ4n) is 2.35. The van der Waals surface area contributed by atoms with Crippen LogP contribution in [-0.2, 0) is 0 Å². The maximum Gasteiger partial charge on any atom is 0.187 e. The molecule has 5 nitrogen and oxygen atoms in total. The zero-order valence-corrected chi connectivity index (χ0v) is 15.5. The summed E-state index contributed by atoms with van der Waals surface area (Å²) in [5.41, 5.74) is 1.34. The van der Waals surface area contributed by atoms with E-state index in [0.717, 1.165) is 17.2 Å². The van der Waals surface area contributed by atoms with E-state index in [-0.39, 0.29) is 5.78 Å². The van der Waals surface area contributed by atoms with E-state index in [9.17, 15) is 4.79 Å². The molecule has 0 aliphatic rings. The first kappa shape index (κ1) is 19.4. The lowest BCUT2D eigenvalue weighted by Gasteiger charge is -2.12. The molecule has 1 N–H and O–H groups in total. The van der Waals surface area contributed by atoms with E-state index >= 15 is 0 Å². The summed E-state index contributed by atoms with van der Waals surface area (Å²) in [7, 11) is 0. The second-order valence-electron chi connectivity index (χ2n) is 5.32. The zero-order chi connectivity index (χ0) is 18.8. The van der Waals surface area contributed by atoms with E-state index < -0.39 is 0 Å². The summed E-state index contributed by atoms with van der Waals surface area (Å²) in [6.45, 7) is 7.51. The summed E-state index contributed by atoms with van der Waals surface area (Å²) in [6.07, 6.45) is 3.09. The molecule has 0 aliphatic heterocycles. The Labute approximate surface area is 154 Å². The van der Waals surface area contributed by atoms with E-state index in [1.165, 1.54) is 6.08 Å². The Hall–Kier alpha value is -2.95. The highest BCUT2D eigenvalue weighted by Crippen LogP contribution is 2.29. The number of allylic oxidation sites excluding steroid dienone is 1. The number of carbonyl (C=O) groups is 1. The van der Waals surface area contributed by atoms with Crippen molar-refractivity contribution in [1.29, 1.82) is 0 Å². The third kappa shape index (κ3) is 5.55. The van der Waals surface area contributed by atoms with Crippen molar-refractivity contribution >= 4 is 11.5 Å². The van der Waals surface area contributed by atoms with E-state index in [4.69, 9.17) is 14.2 Å². The predicted molar refractivity (Wildman–Crippen MR) is 103 cm³/mol. The summed E-state index contributed by atoms with van der Waals surface area (Å²) < 4.78 is 16.5. The first-order valence-electron chi connectivity index (χ1n) is 8.77. The normalized spacial score (nSPS) is 10.6. The van der Waals surface area contributed by atoms with Crippen molar-refractivity contribution in [2.75, 3.05) is 25.1 Å². The van der Waals surface area contributed by atoms with Gasteiger partial charge < -0.3 is 19.5 Å². The number of ether oxygens (including phenoxy) is 3. The second-order valence-corrected chi connectivity index (χ2v) is 5.32. The van der Waals surface area contributed by atoms with E-state index in [2.05, 4.69) is 5.32 Å². The Balaban J connectivity index is 2.06. The molecule has 0 unspecified atom stereocenters. The number of benzene rings is 2. The molecule has 0 fully saturated rings. The Morgan fingerprint density at radius 3 is 2.15 bits per heavy atom. The molecule has 0 bridgehead atoms. The summed E-state index contributed by atoms with van der Waals surface area (Å²) in [5, 5.41) is 3.10. The Bertz CT molecular complexity index is 738. The molecule has 0 saturated carbocycles. The predicted octanol–water partition coefficient (Wildman–Crippen LogP) is 4.69. The lowest BCUT2D eigenvalue weighted by atomic mass is 10.1. The fourth-order valence-corrected chi connectivity index (χ4v) is 2.35. The van der Waals surface area contributed by atoms with Gasteiger partial charge in [-0.15, -0.1) is 0 Å². The van der Waals surface area contributed by atoms with Gasteiger partial charge in [0.1, 0.15) is 17.2 Å². The van der Waals surface area contributed by atoms with Crippen molar-refractivity contribution < 1.29 is 19.0 Å². The molecule has 0 aromatic heterocycles. The Morgan fingerprint density at radius 2 is 1.50 bits per heavy atom. The quantitative estimate of drug-likeness (QED) is 0.495. The number of rotatable bonds is 10. The molecule has 2 aromatic carbocycles. The van der Waals surface area contributed by atoms with Crippen LogP contribution in [0.2, 0.25) is 0 Å². The number of hydrogen-bond donors (Lipinski definition) is 1. The van der Waals surface area contributed by atoms with Crippen LogP contribution in [0.1, 0.15) is 31.1 Å². The lowest BCUT2D eigenvalue weighted by molar-refractivity contribution is 0.104. The minimum Gasteiger partial charge on any atom is -0.494 e. The van der Waals surface area contributed by atoms with Crippen LogP contribution < -0.4 is 19.5 Å². The van der Waals surface area contributed by atoms with Crippen LogP contribution in [0.3, 0.4) is 0 Å². The number of carbonyl (C=O) groups excluding carboxylic acids is 1. The van der Waals surface area contributed by atoms with Crippen molar-refractivity contribution in [3.05, 3.63) is 60.3 Å². The lowest BCUT2D eigenvalue weighted by Crippen LogP contribution is -2.00. The topological polar surface area (TPSA) is 56.8 Å². The van der Waals surface area contributed by atoms with Gasteiger partial charge in [-0.3, -0.25) is 4.79 Å². The monoisotopic (exact) mass is 355 g/mol. The molecule has 5 heteroatoms. The molecule has 0 radical (unpaired) electrons. The minimum absolute atomic E-state index is 0.0977. The van der Waals surface area contributed by atoms with Crippen LogP contribution in [0, 0.1) is 0 Å². The third-order valence-corrected chi connectivity index (χ3v) is 3.49. The number of nitrogens with one attached hydrogen (secondary N) is 1. The maximum absolute atomic E-state index is 12.3. The van der Waals surface area contributed by atoms with E-state index in [0.29, 0.717) is 31.1 Å². The number of anilines is 1. The molecule has 138 valence electrons. The summed E-state index contributed by atoms with van der Waals surface area (Å²) in [5.74, 6) is 2.10. The Kier molecular flexibility index (Phi) is 7.55. The molecule has 26 heavy (non-hydrogen) atoms. The van der Waals surface area contributed by atoms with Gasteiger partial charge in [-0.2, -0.15) is 0 Å². The minimum atomic E-state index is -0.0977. The van der Waals surface area contributed by atoms with Gasteiger partial charge in [-0.05, 0) is 57.2 Å². The Morgan fingerprint density at radius 1 is 0.885 bits per heavy atom. The SMILES string of the molecule is CCOc1ccc(C(=O)/C=C/Nc2cc(OCC)ccc2OCC)cc1. The van der Waals surface area contributed by atoms with Crippen LogP contribution in [0.4, 0.5) is 5.69 Å². The van der Waals surface area contributed by atoms with E-state index in [1.54, 1.807) is 30.5 Å². The van der Waals surface area contributed by atoms with Crippen LogP contribution >= 0.6 is 0 Å². The van der Waals surface area contributed by atoms with Crippen LogP contribution in [0.15, 0.2) is 54.7 Å². The molecular formula is C21H25NO4. The largest absolute Gasteiger partial charge is 0.494 e. The average molecular weight is 355 g/mol. The molecule has 0 spiro atoms. The molecule has 2 aromatic rings. The van der Waals surface area contributed by atoms with E-state index in [1.807, 2.05) is 39.0 Å². The van der Waals surface area contributed by atoms with Gasteiger partial charge in [0.05, 0.1) is 25.5 Å². The molecule has 0 heterocycles. The smallest absolute Gasteiger partial charge is 0.187 e. The molecule has 0 aliphatic carbocycles. The summed E-state index contributed by atoms with van der Waals surface area (Å²) in [4.78, 5) is 12.3. The summed E-state index contributed by atoms with van der Waals surface area (Å²) >= 11 is 0. The third-order valence-electron chi connectivity index (χ3n) is 3.49. The van der Waals surface area contributed by atoms with Crippen molar-refractivity contribution in [3.8, 4) is 17.2 Å². The number of ketones is 1. The van der Waals surface area contributed by atoms with Gasteiger partial charge >= 0.3 is 0 Å². The van der Waals surface area contributed by atoms with Crippen molar-refractivity contribution in [2.45, 2.75) is 20.8 Å². The van der Waals surface area contributed by atoms with Gasteiger partial charge in [0.2, 0.25) is 0 Å². The van der Waals surface area contributed by atoms with Gasteiger partial charge in [0.25, 0.3) is 0 Å². The zero-order valence-electron chi connectivity index (χ0n) is 15.5. The molecule has 0 saturated heterocycles. The highest BCUT2D eigenvalue weighted by Gasteiger charge is 2.06. The second kappa shape index (κ2) is 10.1. The first-order valence-corrected chi connectivity index (χ1v) is 8.77. The van der Waals surface area contributed by atoms with Crippen molar-refractivity contribution in [2.24, 2.45) is 0 Å². The highest BCUT2D eigenvalue weighted by molar-refractivity contribution is 6.04. The first-order chi connectivity index (χ1) is 12.7. The van der Waals surface area contributed by atoms with Gasteiger partial charge in [0.15, 0.2) is 5.78 Å². The van der Waals surface area contributed by atoms with Crippen LogP contribution in [0.25, 0.3) is 0 Å². The average Bonchev–Trinajstić information content (AvgIpc) is 2.65. The van der Waals surface area contributed by atoms with Crippen LogP contribution in [0.5, 0.6) is 17.2 Å². The fraction of sp³-hybridized carbons (Fsp3) is 0.286. The molecule has 0 atom stereocenters. The van der Waals surface area contributed by atoms with Gasteiger partial charge in [0, 0.05) is 23.9 Å². The maximum atomic E-state index is 12.3. The van der Waals surface area contributed by atoms with Crippen molar-refractivity contribution in [3.63, 3.8) is 0 Å².